The van der Waals surface area contributed by atoms with Crippen LogP contribution in [0.1, 0.15) is 38.9 Å². The Morgan fingerprint density at radius 3 is 2.50 bits per heavy atom. The number of carbonyl (C=O) groups is 3. The molecule has 2 aliphatic rings. The molecule has 1 atom stereocenters. The lowest BCUT2D eigenvalue weighted by Crippen LogP contribution is -2.48. The van der Waals surface area contributed by atoms with Crippen molar-refractivity contribution in [3.63, 3.8) is 0 Å². The molecule has 7 nitrogen and oxygen atoms in total. The van der Waals surface area contributed by atoms with Gasteiger partial charge in [0.15, 0.2) is 0 Å². The second-order valence-corrected chi connectivity index (χ2v) is 8.05. The van der Waals surface area contributed by atoms with Crippen molar-refractivity contribution in [2.24, 2.45) is 0 Å². The lowest BCUT2D eigenvalue weighted by Gasteiger charge is -2.40. The minimum absolute atomic E-state index is 0.0272. The Hall–Kier alpha value is -3.84. The first-order valence-electron chi connectivity index (χ1n) is 10.1. The molecular weight excluding hydrogens is 430 g/mol. The van der Waals surface area contributed by atoms with Crippen LogP contribution < -0.4 is 10.2 Å². The fourth-order valence-electron chi connectivity index (χ4n) is 4.24. The maximum atomic E-state index is 13.3. The molecule has 3 amide bonds. The minimum atomic E-state index is -0.617. The largest absolute Gasteiger partial charge is 0.506 e. The van der Waals surface area contributed by atoms with Crippen LogP contribution in [0, 0.1) is 0 Å². The van der Waals surface area contributed by atoms with Crippen molar-refractivity contribution in [1.82, 2.24) is 4.90 Å². The highest BCUT2D eigenvalue weighted by Crippen LogP contribution is 2.45. The normalized spacial score (nSPS) is 16.5. The predicted molar refractivity (Wildman–Crippen MR) is 120 cm³/mol. The van der Waals surface area contributed by atoms with Gasteiger partial charge in [-0.2, -0.15) is 0 Å². The lowest BCUT2D eigenvalue weighted by molar-refractivity contribution is -0.116. The van der Waals surface area contributed by atoms with E-state index in [9.17, 15) is 19.5 Å². The van der Waals surface area contributed by atoms with Gasteiger partial charge in [-0.1, -0.05) is 41.9 Å². The Morgan fingerprint density at radius 1 is 0.969 bits per heavy atom. The standard InChI is InChI=1S/C24H18ClN3O4/c25-14-9-10-20(29)18(13-14)26-21(30)11-12-27-22-15-5-1-2-6-16(15)24(32)28(22)19-8-4-3-7-17(19)23(27)31/h1-10,13,22,29H,11-12H2,(H,26,30). The maximum absolute atomic E-state index is 13.3. The zero-order valence-corrected chi connectivity index (χ0v) is 17.5. The van der Waals surface area contributed by atoms with Crippen molar-refractivity contribution in [2.45, 2.75) is 12.6 Å². The van der Waals surface area contributed by atoms with Gasteiger partial charge in [-0.05, 0) is 36.4 Å². The van der Waals surface area contributed by atoms with E-state index in [1.165, 1.54) is 18.2 Å². The Balaban J connectivity index is 1.44. The molecule has 0 aromatic heterocycles. The van der Waals surface area contributed by atoms with Crippen LogP contribution in [0.25, 0.3) is 0 Å². The molecule has 0 radical (unpaired) electrons. The Bertz CT molecular complexity index is 1280. The molecule has 160 valence electrons. The van der Waals surface area contributed by atoms with Gasteiger partial charge in [-0.3, -0.25) is 19.3 Å². The molecule has 0 spiro atoms. The number of para-hydroxylation sites is 1. The van der Waals surface area contributed by atoms with E-state index in [2.05, 4.69) is 5.32 Å². The quantitative estimate of drug-likeness (QED) is 0.587. The Labute approximate surface area is 188 Å². The van der Waals surface area contributed by atoms with Crippen LogP contribution in [0.15, 0.2) is 66.7 Å². The molecule has 5 rings (SSSR count). The molecular formula is C24H18ClN3O4. The summed E-state index contributed by atoms with van der Waals surface area (Å²) in [4.78, 5) is 42.3. The zero-order chi connectivity index (χ0) is 22.4. The van der Waals surface area contributed by atoms with Crippen molar-refractivity contribution >= 4 is 40.7 Å². The summed E-state index contributed by atoms with van der Waals surface area (Å²) in [5.74, 6) is -0.917. The van der Waals surface area contributed by atoms with Crippen molar-refractivity contribution in [3.05, 3.63) is 88.4 Å². The van der Waals surface area contributed by atoms with Gasteiger partial charge in [0.2, 0.25) is 5.91 Å². The number of phenolic OH excluding ortho intramolecular Hbond substituents is 1. The molecule has 3 aromatic carbocycles. The van der Waals surface area contributed by atoms with Crippen LogP contribution in [-0.4, -0.2) is 34.3 Å². The predicted octanol–water partition coefficient (Wildman–Crippen LogP) is 4.19. The van der Waals surface area contributed by atoms with Gasteiger partial charge in [0.05, 0.1) is 16.9 Å². The van der Waals surface area contributed by atoms with E-state index in [0.717, 1.165) is 5.56 Å². The minimum Gasteiger partial charge on any atom is -0.506 e. The van der Waals surface area contributed by atoms with Crippen molar-refractivity contribution < 1.29 is 19.5 Å². The Morgan fingerprint density at radius 2 is 1.69 bits per heavy atom. The fraction of sp³-hybridized carbons (Fsp3) is 0.125. The molecule has 2 aliphatic heterocycles. The number of hydrogen-bond acceptors (Lipinski definition) is 4. The molecule has 0 fully saturated rings. The van der Waals surface area contributed by atoms with E-state index in [-0.39, 0.29) is 36.2 Å². The van der Waals surface area contributed by atoms with Gasteiger partial charge >= 0.3 is 0 Å². The lowest BCUT2D eigenvalue weighted by atomic mass is 10.0. The van der Waals surface area contributed by atoms with E-state index >= 15 is 0 Å². The molecule has 3 aromatic rings. The summed E-state index contributed by atoms with van der Waals surface area (Å²) < 4.78 is 0. The molecule has 2 N–H and O–H groups in total. The topological polar surface area (TPSA) is 90.0 Å². The summed E-state index contributed by atoms with van der Waals surface area (Å²) in [7, 11) is 0. The molecule has 0 bridgehead atoms. The molecule has 1 unspecified atom stereocenters. The summed E-state index contributed by atoms with van der Waals surface area (Å²) >= 11 is 5.94. The second-order valence-electron chi connectivity index (χ2n) is 7.61. The van der Waals surface area contributed by atoms with Crippen molar-refractivity contribution in [1.29, 1.82) is 0 Å². The van der Waals surface area contributed by atoms with Gasteiger partial charge in [-0.15, -0.1) is 0 Å². The first kappa shape index (κ1) is 20.1. The Kier molecular flexibility index (Phi) is 4.83. The number of amides is 3. The number of carbonyl (C=O) groups excluding carboxylic acids is 3. The van der Waals surface area contributed by atoms with E-state index in [1.54, 1.807) is 46.2 Å². The summed E-state index contributed by atoms with van der Waals surface area (Å²) in [6.45, 7) is 0.0864. The maximum Gasteiger partial charge on any atom is 0.260 e. The summed E-state index contributed by atoms with van der Waals surface area (Å²) in [5, 5.41) is 12.9. The number of hydrogen-bond donors (Lipinski definition) is 2. The number of phenols is 1. The van der Waals surface area contributed by atoms with Crippen LogP contribution >= 0.6 is 11.6 Å². The molecule has 8 heteroatoms. The molecule has 0 aliphatic carbocycles. The van der Waals surface area contributed by atoms with Crippen LogP contribution in [0.5, 0.6) is 5.75 Å². The third kappa shape index (κ3) is 3.18. The van der Waals surface area contributed by atoms with Crippen LogP contribution in [-0.2, 0) is 4.79 Å². The number of nitrogens with one attached hydrogen (secondary N) is 1. The first-order chi connectivity index (χ1) is 15.5. The second kappa shape index (κ2) is 7.69. The fourth-order valence-corrected chi connectivity index (χ4v) is 4.41. The number of halogens is 1. The van der Waals surface area contributed by atoms with Crippen LogP contribution in [0.4, 0.5) is 11.4 Å². The average Bonchev–Trinajstić information content (AvgIpc) is 3.09. The van der Waals surface area contributed by atoms with Gasteiger partial charge in [0.1, 0.15) is 11.9 Å². The molecule has 0 saturated carbocycles. The highest BCUT2D eigenvalue weighted by atomic mass is 35.5. The average molecular weight is 448 g/mol. The third-order valence-corrected chi connectivity index (χ3v) is 5.93. The van der Waals surface area contributed by atoms with Crippen molar-refractivity contribution in [2.75, 3.05) is 16.8 Å². The van der Waals surface area contributed by atoms with Gasteiger partial charge < -0.3 is 15.3 Å². The number of benzene rings is 3. The smallest absolute Gasteiger partial charge is 0.260 e. The van der Waals surface area contributed by atoms with Crippen LogP contribution in [0.3, 0.4) is 0 Å². The van der Waals surface area contributed by atoms with E-state index < -0.39 is 12.1 Å². The van der Waals surface area contributed by atoms with E-state index in [4.69, 9.17) is 11.6 Å². The monoisotopic (exact) mass is 447 g/mol. The summed E-state index contributed by atoms with van der Waals surface area (Å²) in [6, 6.07) is 18.5. The SMILES string of the molecule is O=C(CCN1C(=O)c2ccccc2N2C(=O)c3ccccc3C12)Nc1cc(Cl)ccc1O. The van der Waals surface area contributed by atoms with Crippen LogP contribution in [0.2, 0.25) is 5.02 Å². The molecule has 0 saturated heterocycles. The highest BCUT2D eigenvalue weighted by molar-refractivity contribution is 6.31. The first-order valence-corrected chi connectivity index (χ1v) is 10.4. The number of fused-ring (bicyclic) bond motifs is 5. The number of anilines is 2. The van der Waals surface area contributed by atoms with E-state index in [0.29, 0.717) is 21.8 Å². The third-order valence-electron chi connectivity index (χ3n) is 5.70. The molecule has 2 heterocycles. The number of rotatable bonds is 4. The van der Waals surface area contributed by atoms with Gasteiger partial charge in [0, 0.05) is 29.1 Å². The van der Waals surface area contributed by atoms with Crippen molar-refractivity contribution in [3.8, 4) is 5.75 Å². The van der Waals surface area contributed by atoms with Gasteiger partial charge in [-0.25, -0.2) is 0 Å². The number of nitrogens with zero attached hydrogens (tertiary/aromatic N) is 2. The highest BCUT2D eigenvalue weighted by Gasteiger charge is 2.47. The van der Waals surface area contributed by atoms with Gasteiger partial charge in [0.25, 0.3) is 11.8 Å². The van der Waals surface area contributed by atoms with E-state index in [1.807, 2.05) is 12.1 Å². The zero-order valence-electron chi connectivity index (χ0n) is 16.8. The molecule has 32 heavy (non-hydrogen) atoms. The number of aromatic hydroxyl groups is 1. The summed E-state index contributed by atoms with van der Waals surface area (Å²) in [6.07, 6.45) is -0.644. The summed E-state index contributed by atoms with van der Waals surface area (Å²) in [5.41, 5.74) is 2.44.